The summed E-state index contributed by atoms with van der Waals surface area (Å²) in [5.41, 5.74) is 12.9. The molecule has 0 unspecified atom stereocenters. The van der Waals surface area contributed by atoms with Gasteiger partial charge in [0.1, 0.15) is 5.58 Å². The number of furan rings is 1. The molecular formula is C58H59FGeIrN4OSi2-2. The van der Waals surface area contributed by atoms with Crippen molar-refractivity contribution in [3.63, 3.8) is 0 Å². The first-order chi connectivity index (χ1) is 31.8. The topological polar surface area (TPSA) is 67.6 Å². The fourth-order valence-corrected chi connectivity index (χ4v) is 22.1. The van der Waals surface area contributed by atoms with E-state index >= 15 is 0 Å². The van der Waals surface area contributed by atoms with E-state index < -0.39 is 29.4 Å². The quantitative estimate of drug-likeness (QED) is 0.118. The summed E-state index contributed by atoms with van der Waals surface area (Å²) in [7, 11) is -2.94. The summed E-state index contributed by atoms with van der Waals surface area (Å²) in [6, 6.07) is 50.5. The first kappa shape index (κ1) is 49.2. The van der Waals surface area contributed by atoms with Crippen molar-refractivity contribution in [1.82, 2.24) is 14.5 Å². The number of fused-ring (bicyclic) bond motifs is 5. The smallest absolute Gasteiger partial charge is 0 e. The normalized spacial score (nSPS) is 14.1. The van der Waals surface area contributed by atoms with Crippen LogP contribution in [0.4, 0.5) is 4.39 Å². The van der Waals surface area contributed by atoms with E-state index in [4.69, 9.17) is 9.40 Å². The number of para-hydroxylation sites is 2. The van der Waals surface area contributed by atoms with Gasteiger partial charge in [0.25, 0.3) is 0 Å². The van der Waals surface area contributed by atoms with Gasteiger partial charge < -0.3 is 8.98 Å². The monoisotopic (exact) mass is 1170 g/mol. The van der Waals surface area contributed by atoms with E-state index in [1.54, 1.807) is 16.4 Å². The van der Waals surface area contributed by atoms with Gasteiger partial charge in [0.2, 0.25) is 0 Å². The van der Waals surface area contributed by atoms with E-state index in [1.807, 2.05) is 42.6 Å². The zero-order chi connectivity index (χ0) is 47.6. The molecule has 0 amide bonds. The van der Waals surface area contributed by atoms with E-state index in [-0.39, 0.29) is 37.8 Å². The predicted octanol–water partition coefficient (Wildman–Crippen LogP) is 14.3. The van der Waals surface area contributed by atoms with Crippen LogP contribution in [-0.2, 0) is 20.1 Å². The molecule has 0 bridgehead atoms. The van der Waals surface area contributed by atoms with Gasteiger partial charge >= 0.3 is 104 Å². The van der Waals surface area contributed by atoms with Crippen LogP contribution in [0.5, 0.6) is 0 Å². The van der Waals surface area contributed by atoms with Crippen LogP contribution in [0.2, 0.25) is 55.5 Å². The molecule has 10 rings (SSSR count). The first-order valence-corrected chi connectivity index (χ1v) is 37.3. The molecule has 1 aliphatic heterocycles. The molecule has 1 radical (unpaired) electrons. The Hall–Kier alpha value is -5.21. The molecule has 0 saturated carbocycles. The van der Waals surface area contributed by atoms with E-state index in [0.29, 0.717) is 11.1 Å². The molecular weight excluding hydrogens is 1110 g/mol. The molecule has 4 heterocycles. The molecule has 0 fully saturated rings. The maximum Gasteiger partial charge on any atom is 0 e. The minimum atomic E-state index is -1.79. The fraction of sp³-hybridized carbons (Fsp3) is 0.259. The molecule has 0 spiro atoms. The van der Waals surface area contributed by atoms with Crippen molar-refractivity contribution in [1.29, 1.82) is 5.26 Å². The van der Waals surface area contributed by atoms with Crippen LogP contribution in [-0.4, -0.2) is 43.9 Å². The number of aromatic nitrogens is 3. The molecule has 0 atom stereocenters. The Kier molecular flexibility index (Phi) is 13.7. The number of hydrogen-bond donors (Lipinski definition) is 0. The molecule has 0 N–H and O–H groups in total. The van der Waals surface area contributed by atoms with Gasteiger partial charge in [0, 0.05) is 31.2 Å². The van der Waals surface area contributed by atoms with Crippen LogP contribution in [0.15, 0.2) is 126 Å². The third-order valence-corrected chi connectivity index (χ3v) is 25.6. The standard InChI is InChI=1S/C44H44N3OSi2.C14H15FGeN.Ir/c1-27(2)35-23-31(30-17-19-40-41(25-30)50(7,8)21-20-49(40,5)6)24-36(28(3)4)42(35)47-38-15-10-9-14-37(38)46-44(47)34-13-11-12-33-32-18-16-29(26-45)22-39(32)48-43(33)34;1-16(2,3)13-8-9-14(17-10-13)11-4-6-12(15)7-5-11;/h9-12,14-19,22-25,27-28H,20-21H2,1-8H3;4,6-10H,1-3H3;/q2*-1;. The van der Waals surface area contributed by atoms with E-state index in [1.165, 1.54) is 56.6 Å². The van der Waals surface area contributed by atoms with Gasteiger partial charge in [-0.05, 0) is 70.5 Å². The van der Waals surface area contributed by atoms with Crippen molar-refractivity contribution in [2.45, 2.75) is 95.1 Å². The Morgan fingerprint density at radius 2 is 1.47 bits per heavy atom. The predicted molar refractivity (Wildman–Crippen MR) is 286 cm³/mol. The molecule has 68 heavy (non-hydrogen) atoms. The van der Waals surface area contributed by atoms with Gasteiger partial charge in [-0.1, -0.05) is 124 Å². The van der Waals surface area contributed by atoms with Crippen LogP contribution in [0, 0.1) is 29.3 Å². The average molecular weight is 1170 g/mol. The van der Waals surface area contributed by atoms with E-state index in [2.05, 4.69) is 160 Å². The van der Waals surface area contributed by atoms with Gasteiger partial charge in [-0.3, -0.25) is 4.98 Å². The summed E-state index contributed by atoms with van der Waals surface area (Å²) in [6.45, 7) is 19.5. The minimum absolute atomic E-state index is 0. The second-order valence-electron chi connectivity index (χ2n) is 21.2. The summed E-state index contributed by atoms with van der Waals surface area (Å²) in [6.07, 6.45) is 1.95. The molecule has 10 heteroatoms. The fourth-order valence-electron chi connectivity index (χ4n) is 9.71. The number of pyridine rings is 1. The van der Waals surface area contributed by atoms with Crippen molar-refractivity contribution in [2.24, 2.45) is 0 Å². The molecule has 347 valence electrons. The molecule has 6 aromatic carbocycles. The Morgan fingerprint density at radius 3 is 2.10 bits per heavy atom. The largest absolute Gasteiger partial charge is 0 e. The Labute approximate surface area is 419 Å². The summed E-state index contributed by atoms with van der Waals surface area (Å²) in [5, 5.41) is 14.9. The van der Waals surface area contributed by atoms with E-state index in [0.717, 1.165) is 50.0 Å². The maximum absolute atomic E-state index is 12.8. The number of imidazole rings is 1. The van der Waals surface area contributed by atoms with Crippen LogP contribution >= 0.6 is 0 Å². The van der Waals surface area contributed by atoms with Crippen LogP contribution < -0.4 is 14.8 Å². The molecule has 1 aliphatic rings. The number of halogens is 1. The van der Waals surface area contributed by atoms with Crippen molar-refractivity contribution in [3.05, 3.63) is 156 Å². The minimum Gasteiger partial charge on any atom is 0 e. The summed E-state index contributed by atoms with van der Waals surface area (Å²) in [4.78, 5) is 9.74. The third-order valence-electron chi connectivity index (χ3n) is 13.8. The average Bonchev–Trinajstić information content (AvgIpc) is 3.88. The zero-order valence-electron chi connectivity index (χ0n) is 41.0. The van der Waals surface area contributed by atoms with Gasteiger partial charge in [-0.15, -0.1) is 18.2 Å². The molecule has 3 aromatic heterocycles. The van der Waals surface area contributed by atoms with Crippen LogP contribution in [0.3, 0.4) is 0 Å². The molecule has 0 aliphatic carbocycles. The van der Waals surface area contributed by atoms with Crippen molar-refractivity contribution >= 4 is 77.2 Å². The zero-order valence-corrected chi connectivity index (χ0v) is 47.5. The van der Waals surface area contributed by atoms with E-state index in [9.17, 15) is 9.65 Å². The Bertz CT molecular complexity index is 3350. The first-order valence-electron chi connectivity index (χ1n) is 23.6. The van der Waals surface area contributed by atoms with Gasteiger partial charge in [0.05, 0.1) is 50.2 Å². The second kappa shape index (κ2) is 18.9. The van der Waals surface area contributed by atoms with Gasteiger partial charge in [-0.25, -0.2) is 0 Å². The Balaban J connectivity index is 0.000000293. The second-order valence-corrected chi connectivity index (χ2v) is 41.5. The van der Waals surface area contributed by atoms with Crippen LogP contribution in [0.25, 0.3) is 72.4 Å². The third kappa shape index (κ3) is 9.31. The van der Waals surface area contributed by atoms with Crippen molar-refractivity contribution in [3.8, 4) is 45.5 Å². The number of nitrogens with zero attached hydrogens (tertiary/aromatic N) is 4. The summed E-state index contributed by atoms with van der Waals surface area (Å²) in [5.74, 6) is 8.07. The van der Waals surface area contributed by atoms with Gasteiger partial charge in [0.15, 0.2) is 0 Å². The molecule has 5 nitrogen and oxygen atoms in total. The summed E-state index contributed by atoms with van der Waals surface area (Å²) >= 11 is -1.79. The number of hydrogen-bond acceptors (Lipinski definition) is 4. The number of benzene rings is 6. The molecule has 9 aromatic rings. The number of rotatable bonds is 7. The molecule has 0 saturated heterocycles. The van der Waals surface area contributed by atoms with Gasteiger partial charge in [-0.2, -0.15) is 5.26 Å². The number of nitriles is 1. The Morgan fingerprint density at radius 1 is 0.765 bits per heavy atom. The SMILES string of the molecule is CC(C)c1cc(-c2ccc3c(c2)[Si](C)(C)CC[Si]3(C)C)cc(C(C)C)c1-n1c(-c2[c-]ccc3c2oc2cc(C#N)ccc23)nc2ccccc21.[CH3][Ge]([CH3])([CH3])[c]1ccc(-c2[c-]cc(F)cc2)nc1.[Ir]. The maximum atomic E-state index is 12.8. The summed E-state index contributed by atoms with van der Waals surface area (Å²) < 4.78 is 23.1. The van der Waals surface area contributed by atoms with Crippen molar-refractivity contribution in [2.75, 3.05) is 0 Å². The van der Waals surface area contributed by atoms with Crippen LogP contribution in [0.1, 0.15) is 56.2 Å². The van der Waals surface area contributed by atoms with Crippen molar-refractivity contribution < 1.29 is 28.9 Å².